The maximum Gasteiger partial charge on any atom is 0.184 e. The van der Waals surface area contributed by atoms with Crippen LogP contribution in [0, 0.1) is 0 Å². The average molecular weight is 540 g/mol. The predicted octanol–water partition coefficient (Wildman–Crippen LogP) is 7.25. The zero-order chi connectivity index (χ0) is 27.1. The highest BCUT2D eigenvalue weighted by molar-refractivity contribution is 7.39. The molecule has 0 aliphatic carbocycles. The Balaban J connectivity index is 5.31. The van der Waals surface area contributed by atoms with Gasteiger partial charge >= 0.3 is 0 Å². The molecule has 0 heterocycles. The summed E-state index contributed by atoms with van der Waals surface area (Å²) in [7, 11) is 1.13. The standard InChI is InChI=1S/C27H59NO5P2/c1-13-18-29-25(12)28(16-19-34-26(14-2,30-21(4)5)31-22(6)7)17-20-35-27(15-3,32-23(8)9)33-24(10)11/h21-25,34-35H,13-20H2,1-12H3. The lowest BCUT2D eigenvalue weighted by atomic mass is 10.4. The van der Waals surface area contributed by atoms with Crippen molar-refractivity contribution in [2.24, 2.45) is 0 Å². The summed E-state index contributed by atoms with van der Waals surface area (Å²) in [5.41, 5.74) is -1.01. The number of nitrogens with zero attached hydrogens (tertiary/aromatic N) is 1. The largest absolute Gasteiger partial charge is 0.363 e. The first kappa shape index (κ1) is 35.6. The van der Waals surface area contributed by atoms with Crippen LogP contribution in [0.4, 0.5) is 0 Å². The minimum atomic E-state index is -0.503. The highest BCUT2D eigenvalue weighted by atomic mass is 31.1. The Hall–Kier alpha value is 0.620. The molecule has 8 heteroatoms. The van der Waals surface area contributed by atoms with Crippen LogP contribution in [0.5, 0.6) is 0 Å². The van der Waals surface area contributed by atoms with Gasteiger partial charge in [-0.25, -0.2) is 0 Å². The average Bonchev–Trinajstić information content (AvgIpc) is 2.74. The maximum absolute atomic E-state index is 6.33. The van der Waals surface area contributed by atoms with Crippen LogP contribution in [0.1, 0.15) is 102 Å². The molecular weight excluding hydrogens is 480 g/mol. The summed E-state index contributed by atoms with van der Waals surface area (Å²) in [5.74, 6) is 0. The van der Waals surface area contributed by atoms with Gasteiger partial charge in [0, 0.05) is 32.5 Å². The van der Waals surface area contributed by atoms with Crippen LogP contribution in [0.25, 0.3) is 0 Å². The molecular formula is C27H59NO5P2. The lowest BCUT2D eigenvalue weighted by Gasteiger charge is -2.38. The zero-order valence-electron chi connectivity index (χ0n) is 25.0. The van der Waals surface area contributed by atoms with Crippen LogP contribution in [-0.2, 0) is 23.7 Å². The smallest absolute Gasteiger partial charge is 0.184 e. The number of hydrogen-bond acceptors (Lipinski definition) is 6. The first-order valence-electron chi connectivity index (χ1n) is 13.9. The van der Waals surface area contributed by atoms with Crippen molar-refractivity contribution in [2.75, 3.05) is 32.0 Å². The second-order valence-corrected chi connectivity index (χ2v) is 13.5. The molecule has 0 saturated carbocycles. The maximum atomic E-state index is 6.33. The van der Waals surface area contributed by atoms with E-state index in [0.29, 0.717) is 17.2 Å². The molecule has 0 aromatic carbocycles. The van der Waals surface area contributed by atoms with Crippen LogP contribution in [-0.4, -0.2) is 78.6 Å². The summed E-state index contributed by atoms with van der Waals surface area (Å²) in [6.07, 6.45) is 5.36. The molecule has 0 aromatic heterocycles. The zero-order valence-corrected chi connectivity index (χ0v) is 27.0. The molecule has 0 fully saturated rings. The topological polar surface area (TPSA) is 49.4 Å². The summed E-state index contributed by atoms with van der Waals surface area (Å²) >= 11 is 0. The fourth-order valence-electron chi connectivity index (χ4n) is 3.98. The van der Waals surface area contributed by atoms with E-state index in [4.69, 9.17) is 23.7 Å². The molecule has 212 valence electrons. The van der Waals surface area contributed by atoms with E-state index in [1.54, 1.807) is 0 Å². The summed E-state index contributed by atoms with van der Waals surface area (Å²) in [6.45, 7) is 28.0. The van der Waals surface area contributed by atoms with E-state index < -0.39 is 11.1 Å². The number of rotatable bonds is 22. The van der Waals surface area contributed by atoms with E-state index >= 15 is 0 Å². The third-order valence-corrected chi connectivity index (χ3v) is 8.50. The van der Waals surface area contributed by atoms with Gasteiger partial charge in [-0.3, -0.25) is 4.90 Å². The van der Waals surface area contributed by atoms with Crippen molar-refractivity contribution in [3.8, 4) is 0 Å². The van der Waals surface area contributed by atoms with Gasteiger partial charge in [0.1, 0.15) is 6.23 Å². The van der Waals surface area contributed by atoms with E-state index in [0.717, 1.165) is 51.3 Å². The van der Waals surface area contributed by atoms with Crippen LogP contribution in [0.3, 0.4) is 0 Å². The molecule has 0 aliphatic heterocycles. The number of hydrogen-bond donors (Lipinski definition) is 0. The fourth-order valence-corrected chi connectivity index (χ4v) is 7.31. The highest BCUT2D eigenvalue weighted by Crippen LogP contribution is 2.41. The van der Waals surface area contributed by atoms with E-state index in [9.17, 15) is 0 Å². The van der Waals surface area contributed by atoms with Gasteiger partial charge in [0.2, 0.25) is 0 Å². The summed E-state index contributed by atoms with van der Waals surface area (Å²) < 4.78 is 31.4. The van der Waals surface area contributed by atoms with Crippen molar-refractivity contribution < 1.29 is 23.7 Å². The Morgan fingerprint density at radius 2 is 0.943 bits per heavy atom. The minimum absolute atomic E-state index is 0.0747. The Morgan fingerprint density at radius 3 is 1.20 bits per heavy atom. The summed E-state index contributed by atoms with van der Waals surface area (Å²) in [5, 5.41) is 0. The van der Waals surface area contributed by atoms with Gasteiger partial charge in [-0.15, -0.1) is 0 Å². The van der Waals surface area contributed by atoms with Crippen molar-refractivity contribution in [2.45, 2.75) is 144 Å². The summed E-state index contributed by atoms with van der Waals surface area (Å²) in [6, 6.07) is 0. The van der Waals surface area contributed by atoms with Crippen LogP contribution >= 0.6 is 17.2 Å². The molecule has 3 atom stereocenters. The molecule has 0 aromatic rings. The Kier molecular flexibility index (Phi) is 19.1. The van der Waals surface area contributed by atoms with Crippen LogP contribution < -0.4 is 0 Å². The molecule has 6 nitrogen and oxygen atoms in total. The van der Waals surface area contributed by atoms with Crippen molar-refractivity contribution in [1.82, 2.24) is 4.90 Å². The predicted molar refractivity (Wildman–Crippen MR) is 155 cm³/mol. The van der Waals surface area contributed by atoms with Gasteiger partial charge in [0.25, 0.3) is 0 Å². The fraction of sp³-hybridized carbons (Fsp3) is 1.00. The van der Waals surface area contributed by atoms with E-state index in [1.165, 1.54) is 0 Å². The third-order valence-electron chi connectivity index (χ3n) is 5.30. The highest BCUT2D eigenvalue weighted by Gasteiger charge is 2.34. The van der Waals surface area contributed by atoms with Gasteiger partial charge in [0.05, 0.1) is 24.4 Å². The van der Waals surface area contributed by atoms with Gasteiger partial charge < -0.3 is 23.7 Å². The van der Waals surface area contributed by atoms with Gasteiger partial charge in [-0.2, -0.15) is 0 Å². The third kappa shape index (κ3) is 15.6. The molecule has 0 amide bonds. The molecule has 0 rings (SSSR count). The molecule has 3 unspecified atom stereocenters. The van der Waals surface area contributed by atoms with Crippen LogP contribution in [0.15, 0.2) is 0 Å². The van der Waals surface area contributed by atoms with Gasteiger partial charge in [0.15, 0.2) is 11.1 Å². The van der Waals surface area contributed by atoms with E-state index in [2.05, 4.69) is 88.0 Å². The normalized spacial score (nSPS) is 15.0. The lowest BCUT2D eigenvalue weighted by Crippen LogP contribution is -2.41. The quantitative estimate of drug-likeness (QED) is 0.107. The summed E-state index contributed by atoms with van der Waals surface area (Å²) in [4.78, 5) is 2.46. The number of ether oxygens (including phenoxy) is 5. The Bertz CT molecular complexity index is 462. The molecule has 0 saturated heterocycles. The Morgan fingerprint density at radius 1 is 0.600 bits per heavy atom. The molecule has 0 radical (unpaired) electrons. The molecule has 0 spiro atoms. The van der Waals surface area contributed by atoms with Crippen LogP contribution in [0.2, 0.25) is 0 Å². The van der Waals surface area contributed by atoms with Crippen molar-refractivity contribution in [3.05, 3.63) is 0 Å². The molecule has 35 heavy (non-hydrogen) atoms. The molecule has 0 bridgehead atoms. The monoisotopic (exact) mass is 539 g/mol. The molecule has 0 aliphatic rings. The first-order chi connectivity index (χ1) is 16.3. The molecule has 0 N–H and O–H groups in total. The minimum Gasteiger partial charge on any atom is -0.363 e. The second kappa shape index (κ2) is 18.8. The van der Waals surface area contributed by atoms with Crippen molar-refractivity contribution in [3.63, 3.8) is 0 Å². The second-order valence-electron chi connectivity index (χ2n) is 10.2. The van der Waals surface area contributed by atoms with E-state index in [1.807, 2.05) is 0 Å². The Labute approximate surface area is 221 Å². The van der Waals surface area contributed by atoms with Crippen molar-refractivity contribution >= 4 is 17.2 Å². The van der Waals surface area contributed by atoms with Gasteiger partial charge in [-0.05, 0) is 81.1 Å². The van der Waals surface area contributed by atoms with E-state index in [-0.39, 0.29) is 30.6 Å². The van der Waals surface area contributed by atoms with Crippen molar-refractivity contribution in [1.29, 1.82) is 0 Å². The SMILES string of the molecule is CCCOC(C)N(CCPC(CC)(OC(C)C)OC(C)C)CCPC(CC)(OC(C)C)OC(C)C. The first-order valence-corrected chi connectivity index (χ1v) is 16.3. The lowest BCUT2D eigenvalue weighted by molar-refractivity contribution is -0.211. The van der Waals surface area contributed by atoms with Gasteiger partial charge in [-0.1, -0.05) is 37.9 Å².